The molecular formula is C32H24Cl2F3N3O3. The van der Waals surface area contributed by atoms with Crippen LogP contribution in [0.15, 0.2) is 78.9 Å². The Hall–Kier alpha value is -4.34. The third-order valence-corrected chi connectivity index (χ3v) is 7.57. The number of aromatic amines is 1. The fourth-order valence-electron chi connectivity index (χ4n) is 5.07. The number of hydrogen-bond acceptors (Lipinski definition) is 3. The number of amides is 1. The number of carboxylic acid groups (broad SMARTS) is 1. The number of nitrogens with one attached hydrogen (secondary N) is 2. The lowest BCUT2D eigenvalue weighted by molar-refractivity contribution is -0.138. The van der Waals surface area contributed by atoms with Gasteiger partial charge in [-0.3, -0.25) is 4.79 Å². The maximum absolute atomic E-state index is 13.8. The number of carbonyl (C=O) groups is 2. The normalized spacial score (nSPS) is 12.3. The lowest BCUT2D eigenvalue weighted by atomic mass is 9.92. The van der Waals surface area contributed by atoms with Crippen LogP contribution in [-0.4, -0.2) is 27.0 Å². The van der Waals surface area contributed by atoms with Crippen molar-refractivity contribution < 1.29 is 27.9 Å². The van der Waals surface area contributed by atoms with Gasteiger partial charge in [0.25, 0.3) is 5.91 Å². The number of alkyl halides is 3. The Balaban J connectivity index is 1.55. The van der Waals surface area contributed by atoms with Crippen LogP contribution in [-0.2, 0) is 6.18 Å². The molecule has 11 heteroatoms. The van der Waals surface area contributed by atoms with Gasteiger partial charge in [0.2, 0.25) is 0 Å². The molecule has 6 nitrogen and oxygen atoms in total. The molecule has 5 rings (SSSR count). The molecule has 0 saturated heterocycles. The molecule has 0 aliphatic carbocycles. The van der Waals surface area contributed by atoms with Crippen molar-refractivity contribution >= 4 is 46.1 Å². The fourth-order valence-corrected chi connectivity index (χ4v) is 5.52. The van der Waals surface area contributed by atoms with E-state index in [1.54, 1.807) is 25.1 Å². The van der Waals surface area contributed by atoms with Crippen molar-refractivity contribution in [2.24, 2.45) is 0 Å². The molecule has 0 spiro atoms. The van der Waals surface area contributed by atoms with E-state index in [0.29, 0.717) is 28.9 Å². The summed E-state index contributed by atoms with van der Waals surface area (Å²) in [4.78, 5) is 33.7. The average Bonchev–Trinajstić information content (AvgIpc) is 3.40. The number of rotatable bonds is 8. The molecule has 0 radical (unpaired) electrons. The summed E-state index contributed by atoms with van der Waals surface area (Å²) in [6.45, 7) is 1.78. The molecule has 0 bridgehead atoms. The van der Waals surface area contributed by atoms with Gasteiger partial charge in [0, 0.05) is 26.7 Å². The number of imidazole rings is 1. The number of halogens is 5. The SMILES string of the molecule is CCC[C@H](NC(=O)c1ccc(-c2c(Cl)cccc2-c2nc3ccccc3[nH]2)c(C(=O)O)c1)c1ccc(Cl)cc1C(F)(F)F. The van der Waals surface area contributed by atoms with Crippen LogP contribution in [0.3, 0.4) is 0 Å². The van der Waals surface area contributed by atoms with E-state index in [1.165, 1.54) is 30.3 Å². The second kappa shape index (κ2) is 12.1. The highest BCUT2D eigenvalue weighted by Crippen LogP contribution is 2.40. The molecule has 1 aromatic heterocycles. The van der Waals surface area contributed by atoms with Gasteiger partial charge in [-0.05, 0) is 60.0 Å². The zero-order chi connectivity index (χ0) is 30.9. The Morgan fingerprint density at radius 1 is 0.977 bits per heavy atom. The molecule has 220 valence electrons. The molecule has 4 aromatic carbocycles. The number of fused-ring (bicyclic) bond motifs is 1. The van der Waals surface area contributed by atoms with E-state index in [9.17, 15) is 27.9 Å². The van der Waals surface area contributed by atoms with Gasteiger partial charge in [-0.2, -0.15) is 13.2 Å². The standard InChI is InChI=1S/C32H24Cl2F3N3O3/c1-2-6-25(20-14-12-18(33)16-23(20)32(35,36)37)40-30(41)17-11-13-19(22(15-17)31(42)43)28-21(7-5-8-24(28)34)29-38-26-9-3-4-10-27(26)39-29/h3-5,7-16,25H,2,6H2,1H3,(H,38,39)(H,40,41)(H,42,43)/t25-/m0/s1. The first-order valence-corrected chi connectivity index (χ1v) is 14.0. The number of H-pyrrole nitrogens is 1. The number of benzene rings is 4. The summed E-state index contributed by atoms with van der Waals surface area (Å²) in [7, 11) is 0. The molecule has 43 heavy (non-hydrogen) atoms. The molecule has 0 saturated carbocycles. The Morgan fingerprint density at radius 3 is 2.44 bits per heavy atom. The van der Waals surface area contributed by atoms with Crippen LogP contribution in [0.5, 0.6) is 0 Å². The van der Waals surface area contributed by atoms with Crippen molar-refractivity contribution in [3.8, 4) is 22.5 Å². The van der Waals surface area contributed by atoms with Gasteiger partial charge in [-0.25, -0.2) is 9.78 Å². The van der Waals surface area contributed by atoms with Gasteiger partial charge in [-0.15, -0.1) is 0 Å². The summed E-state index contributed by atoms with van der Waals surface area (Å²) in [6.07, 6.45) is -4.01. The summed E-state index contributed by atoms with van der Waals surface area (Å²) in [6, 6.07) is 19.0. The minimum absolute atomic E-state index is 0.0397. The Morgan fingerprint density at radius 2 is 1.74 bits per heavy atom. The number of carbonyl (C=O) groups excluding carboxylic acids is 1. The molecular weight excluding hydrogens is 602 g/mol. The van der Waals surface area contributed by atoms with Gasteiger partial charge < -0.3 is 15.4 Å². The fraction of sp³-hybridized carbons (Fsp3) is 0.156. The maximum Gasteiger partial charge on any atom is 0.416 e. The van der Waals surface area contributed by atoms with E-state index >= 15 is 0 Å². The topological polar surface area (TPSA) is 95.1 Å². The lowest BCUT2D eigenvalue weighted by Gasteiger charge is -2.23. The molecule has 0 fully saturated rings. The first-order chi connectivity index (χ1) is 20.5. The minimum atomic E-state index is -4.69. The van der Waals surface area contributed by atoms with Crippen LogP contribution in [0.2, 0.25) is 10.0 Å². The summed E-state index contributed by atoms with van der Waals surface area (Å²) >= 11 is 12.5. The van der Waals surface area contributed by atoms with Gasteiger partial charge in [0.15, 0.2) is 0 Å². The van der Waals surface area contributed by atoms with Crippen molar-refractivity contribution in [2.75, 3.05) is 0 Å². The summed E-state index contributed by atoms with van der Waals surface area (Å²) in [5, 5.41) is 13.0. The van der Waals surface area contributed by atoms with Crippen LogP contribution in [0, 0.1) is 0 Å². The summed E-state index contributed by atoms with van der Waals surface area (Å²) in [5.41, 5.74) is 1.35. The average molecular weight is 626 g/mol. The lowest BCUT2D eigenvalue weighted by Crippen LogP contribution is -2.30. The number of aromatic carboxylic acids is 1. The zero-order valence-electron chi connectivity index (χ0n) is 22.6. The number of para-hydroxylation sites is 2. The second-order valence-corrected chi connectivity index (χ2v) is 10.7. The third-order valence-electron chi connectivity index (χ3n) is 7.02. The number of nitrogens with zero attached hydrogens (tertiary/aromatic N) is 1. The predicted octanol–water partition coefficient (Wildman–Crippen LogP) is 9.19. The van der Waals surface area contributed by atoms with Crippen molar-refractivity contribution in [3.63, 3.8) is 0 Å². The Labute approximate surface area is 254 Å². The number of hydrogen-bond donors (Lipinski definition) is 3. The highest BCUT2D eigenvalue weighted by molar-refractivity contribution is 6.34. The largest absolute Gasteiger partial charge is 0.478 e. The van der Waals surface area contributed by atoms with Crippen molar-refractivity contribution in [1.29, 1.82) is 0 Å². The molecule has 5 aromatic rings. The van der Waals surface area contributed by atoms with E-state index in [2.05, 4.69) is 15.3 Å². The molecule has 1 atom stereocenters. The van der Waals surface area contributed by atoms with E-state index in [1.807, 2.05) is 24.3 Å². The third kappa shape index (κ3) is 6.23. The van der Waals surface area contributed by atoms with Crippen LogP contribution in [0.1, 0.15) is 57.7 Å². The maximum atomic E-state index is 13.8. The van der Waals surface area contributed by atoms with Crippen LogP contribution >= 0.6 is 23.2 Å². The zero-order valence-corrected chi connectivity index (χ0v) is 24.1. The van der Waals surface area contributed by atoms with Crippen molar-refractivity contribution in [3.05, 3.63) is 111 Å². The second-order valence-electron chi connectivity index (χ2n) is 9.87. The quantitative estimate of drug-likeness (QED) is 0.160. The van der Waals surface area contributed by atoms with Crippen LogP contribution < -0.4 is 5.32 Å². The van der Waals surface area contributed by atoms with Crippen LogP contribution in [0.4, 0.5) is 13.2 Å². The monoisotopic (exact) mass is 625 g/mol. The molecule has 3 N–H and O–H groups in total. The van der Waals surface area contributed by atoms with E-state index in [4.69, 9.17) is 23.2 Å². The summed E-state index contributed by atoms with van der Waals surface area (Å²) < 4.78 is 41.5. The Kier molecular flexibility index (Phi) is 8.48. The Bertz CT molecular complexity index is 1820. The highest BCUT2D eigenvalue weighted by atomic mass is 35.5. The first kappa shape index (κ1) is 30.1. The van der Waals surface area contributed by atoms with Crippen molar-refractivity contribution in [2.45, 2.75) is 32.0 Å². The van der Waals surface area contributed by atoms with Gasteiger partial charge in [-0.1, -0.05) is 72.9 Å². The molecule has 0 aliphatic heterocycles. The van der Waals surface area contributed by atoms with Gasteiger partial charge in [0.1, 0.15) is 5.82 Å². The molecule has 1 heterocycles. The molecule has 0 aliphatic rings. The smallest absolute Gasteiger partial charge is 0.416 e. The first-order valence-electron chi connectivity index (χ1n) is 13.3. The highest BCUT2D eigenvalue weighted by Gasteiger charge is 2.36. The minimum Gasteiger partial charge on any atom is -0.478 e. The van der Waals surface area contributed by atoms with Gasteiger partial charge >= 0.3 is 12.1 Å². The molecule has 1 amide bonds. The predicted molar refractivity (Wildman–Crippen MR) is 161 cm³/mol. The van der Waals surface area contributed by atoms with E-state index < -0.39 is 29.7 Å². The van der Waals surface area contributed by atoms with E-state index in [0.717, 1.165) is 11.6 Å². The number of aromatic nitrogens is 2. The van der Waals surface area contributed by atoms with E-state index in [-0.39, 0.29) is 38.7 Å². The molecule has 0 unspecified atom stereocenters. The van der Waals surface area contributed by atoms with Crippen LogP contribution in [0.25, 0.3) is 33.5 Å². The number of carboxylic acids is 1. The van der Waals surface area contributed by atoms with Gasteiger partial charge in [0.05, 0.1) is 28.2 Å². The summed E-state index contributed by atoms with van der Waals surface area (Å²) in [5.74, 6) is -1.57. The van der Waals surface area contributed by atoms with Crippen molar-refractivity contribution in [1.82, 2.24) is 15.3 Å².